The first-order chi connectivity index (χ1) is 8.99. The Hall–Kier alpha value is -1.46. The highest BCUT2D eigenvalue weighted by molar-refractivity contribution is 9.10. The quantitative estimate of drug-likeness (QED) is 0.804. The molecule has 0 amide bonds. The summed E-state index contributed by atoms with van der Waals surface area (Å²) in [6.45, 7) is 1.97. The normalized spacial score (nSPS) is 11.9. The molecule has 0 unspecified atom stereocenters. The topological polar surface area (TPSA) is 46.5 Å². The molecule has 0 saturated heterocycles. The van der Waals surface area contributed by atoms with Crippen LogP contribution in [0.4, 0.5) is 0 Å². The first kappa shape index (κ1) is 14.0. The number of sulfonamides is 1. The van der Waals surface area contributed by atoms with Crippen molar-refractivity contribution in [1.82, 2.24) is 0 Å². The zero-order valence-corrected chi connectivity index (χ0v) is 12.6. The Morgan fingerprint density at radius 1 is 1.05 bits per heavy atom. The lowest BCUT2D eigenvalue weighted by molar-refractivity contribution is 0.597. The van der Waals surface area contributed by atoms with Crippen molar-refractivity contribution in [3.05, 3.63) is 64.1 Å². The van der Waals surface area contributed by atoms with Crippen molar-refractivity contribution in [2.45, 2.75) is 11.8 Å². The molecule has 0 atom stereocenters. The number of rotatable bonds is 3. The zero-order valence-electron chi connectivity index (χ0n) is 10.2. The van der Waals surface area contributed by atoms with Gasteiger partial charge in [0, 0.05) is 10.7 Å². The van der Waals surface area contributed by atoms with Crippen molar-refractivity contribution < 1.29 is 8.42 Å². The number of halogens is 1. The van der Waals surface area contributed by atoms with Crippen LogP contribution >= 0.6 is 15.9 Å². The van der Waals surface area contributed by atoms with Gasteiger partial charge in [0.05, 0.1) is 0 Å². The Morgan fingerprint density at radius 3 is 2.32 bits per heavy atom. The second-order valence-electron chi connectivity index (χ2n) is 4.05. The summed E-state index contributed by atoms with van der Waals surface area (Å²) >= 11 is 3.21. The molecular weight excluding hydrogens is 326 g/mol. The number of hydrogen-bond donors (Lipinski definition) is 0. The van der Waals surface area contributed by atoms with Gasteiger partial charge >= 0.3 is 0 Å². The Morgan fingerprint density at radius 2 is 1.68 bits per heavy atom. The van der Waals surface area contributed by atoms with Gasteiger partial charge in [-0.25, -0.2) is 0 Å². The maximum absolute atomic E-state index is 12.1. The molecule has 19 heavy (non-hydrogen) atoms. The van der Waals surface area contributed by atoms with Crippen LogP contribution in [-0.2, 0) is 10.0 Å². The minimum absolute atomic E-state index is 0.165. The van der Waals surface area contributed by atoms with Crippen LogP contribution in [0, 0.1) is 6.92 Å². The molecule has 0 aliphatic heterocycles. The third kappa shape index (κ3) is 3.52. The highest BCUT2D eigenvalue weighted by Crippen LogP contribution is 2.22. The molecule has 2 rings (SSSR count). The van der Waals surface area contributed by atoms with Crippen LogP contribution in [0.2, 0.25) is 0 Å². The van der Waals surface area contributed by atoms with Crippen molar-refractivity contribution >= 4 is 32.2 Å². The highest BCUT2D eigenvalue weighted by Gasteiger charge is 2.14. The first-order valence-corrected chi connectivity index (χ1v) is 7.84. The van der Waals surface area contributed by atoms with Crippen LogP contribution in [0.3, 0.4) is 0 Å². The third-order valence-electron chi connectivity index (χ3n) is 2.53. The number of nitrogens with zero attached hydrogens (tertiary/aromatic N) is 1. The van der Waals surface area contributed by atoms with E-state index in [1.54, 1.807) is 18.2 Å². The van der Waals surface area contributed by atoms with Gasteiger partial charge in [0.2, 0.25) is 0 Å². The molecule has 2 aromatic carbocycles. The Balaban J connectivity index is 2.32. The molecule has 0 heterocycles. The van der Waals surface area contributed by atoms with Crippen LogP contribution in [0.1, 0.15) is 11.1 Å². The minimum atomic E-state index is -3.68. The predicted molar refractivity (Wildman–Crippen MR) is 80.1 cm³/mol. The van der Waals surface area contributed by atoms with E-state index >= 15 is 0 Å². The van der Waals surface area contributed by atoms with E-state index in [9.17, 15) is 8.42 Å². The molecule has 98 valence electrons. The second-order valence-corrected chi connectivity index (χ2v) is 6.51. The molecule has 0 fully saturated rings. The van der Waals surface area contributed by atoms with Gasteiger partial charge in [-0.1, -0.05) is 42.0 Å². The van der Waals surface area contributed by atoms with E-state index in [1.165, 1.54) is 12.3 Å². The Labute approximate surface area is 121 Å². The van der Waals surface area contributed by atoms with E-state index in [4.69, 9.17) is 0 Å². The van der Waals surface area contributed by atoms with Crippen LogP contribution in [0.15, 0.2) is 62.3 Å². The highest BCUT2D eigenvalue weighted by atomic mass is 79.9. The maximum Gasteiger partial charge on any atom is 0.283 e. The molecule has 0 aromatic heterocycles. The molecule has 0 spiro atoms. The molecular formula is C14H12BrNO2S. The summed E-state index contributed by atoms with van der Waals surface area (Å²) in [7, 11) is -3.68. The van der Waals surface area contributed by atoms with Gasteiger partial charge in [-0.2, -0.15) is 12.8 Å². The molecule has 0 radical (unpaired) electrons. The van der Waals surface area contributed by atoms with Crippen molar-refractivity contribution in [3.8, 4) is 0 Å². The van der Waals surface area contributed by atoms with Crippen LogP contribution in [0.5, 0.6) is 0 Å². The lowest BCUT2D eigenvalue weighted by Crippen LogP contribution is -1.98. The summed E-state index contributed by atoms with van der Waals surface area (Å²) in [4.78, 5) is 0.165. The Kier molecular flexibility index (Phi) is 4.17. The summed E-state index contributed by atoms with van der Waals surface area (Å²) in [6.07, 6.45) is 1.36. The minimum Gasteiger partial charge on any atom is -0.199 e. The predicted octanol–water partition coefficient (Wildman–Crippen LogP) is 3.57. The molecule has 2 aromatic rings. The van der Waals surface area contributed by atoms with E-state index in [0.29, 0.717) is 4.47 Å². The molecule has 0 N–H and O–H groups in total. The largest absolute Gasteiger partial charge is 0.283 e. The Bertz CT molecular complexity index is 706. The van der Waals surface area contributed by atoms with Gasteiger partial charge in [-0.05, 0) is 40.5 Å². The summed E-state index contributed by atoms with van der Waals surface area (Å²) in [5, 5.41) is 0. The average molecular weight is 338 g/mol. The third-order valence-corrected chi connectivity index (χ3v) is 4.78. The fraction of sp³-hybridized carbons (Fsp3) is 0.0714. The van der Waals surface area contributed by atoms with E-state index in [-0.39, 0.29) is 4.90 Å². The molecule has 5 heteroatoms. The maximum atomic E-state index is 12.1. The lowest BCUT2D eigenvalue weighted by Gasteiger charge is -2.01. The van der Waals surface area contributed by atoms with Crippen molar-refractivity contribution in [1.29, 1.82) is 0 Å². The van der Waals surface area contributed by atoms with Crippen molar-refractivity contribution in [2.75, 3.05) is 0 Å². The number of benzene rings is 2. The van der Waals surface area contributed by atoms with Crippen molar-refractivity contribution in [2.24, 2.45) is 4.40 Å². The van der Waals surface area contributed by atoms with Gasteiger partial charge in [0.1, 0.15) is 4.90 Å². The fourth-order valence-electron chi connectivity index (χ4n) is 1.49. The average Bonchev–Trinajstić information content (AvgIpc) is 2.38. The number of hydrogen-bond acceptors (Lipinski definition) is 2. The molecule has 0 bridgehead atoms. The molecule has 3 nitrogen and oxygen atoms in total. The zero-order chi connectivity index (χ0) is 13.9. The van der Waals surface area contributed by atoms with Gasteiger partial charge in [0.25, 0.3) is 10.0 Å². The fourth-order valence-corrected chi connectivity index (χ4v) is 3.33. The SMILES string of the molecule is Cc1ccc(/C=N/S(=O)(=O)c2ccccc2Br)cc1. The first-order valence-electron chi connectivity index (χ1n) is 5.60. The van der Waals surface area contributed by atoms with Gasteiger partial charge in [0.15, 0.2) is 0 Å². The van der Waals surface area contributed by atoms with E-state index in [0.717, 1.165) is 11.1 Å². The molecule has 0 aliphatic carbocycles. The van der Waals surface area contributed by atoms with E-state index in [2.05, 4.69) is 20.3 Å². The van der Waals surface area contributed by atoms with Gasteiger partial charge in [-0.3, -0.25) is 0 Å². The smallest absolute Gasteiger partial charge is 0.199 e. The summed E-state index contributed by atoms with van der Waals surface area (Å²) in [6, 6.07) is 14.1. The summed E-state index contributed by atoms with van der Waals surface area (Å²) in [5.74, 6) is 0. The standard InChI is InChI=1S/C14H12BrNO2S/c1-11-6-8-12(9-7-11)10-16-19(17,18)14-5-3-2-4-13(14)15/h2-10H,1H3/b16-10+. The summed E-state index contributed by atoms with van der Waals surface area (Å²) in [5.41, 5.74) is 1.87. The van der Waals surface area contributed by atoms with E-state index < -0.39 is 10.0 Å². The molecule has 0 aliphatic rings. The van der Waals surface area contributed by atoms with Gasteiger partial charge in [-0.15, -0.1) is 0 Å². The monoisotopic (exact) mass is 337 g/mol. The van der Waals surface area contributed by atoms with E-state index in [1.807, 2.05) is 31.2 Å². The summed E-state index contributed by atoms with van der Waals surface area (Å²) < 4.78 is 28.3. The number of aryl methyl sites for hydroxylation is 1. The molecule has 0 saturated carbocycles. The van der Waals surface area contributed by atoms with Gasteiger partial charge < -0.3 is 0 Å². The van der Waals surface area contributed by atoms with Crippen molar-refractivity contribution in [3.63, 3.8) is 0 Å². The van der Waals surface area contributed by atoms with Crippen LogP contribution in [-0.4, -0.2) is 14.6 Å². The second kappa shape index (κ2) is 5.67. The van der Waals surface area contributed by atoms with Crippen LogP contribution < -0.4 is 0 Å². The van der Waals surface area contributed by atoms with Crippen LogP contribution in [0.25, 0.3) is 0 Å². The lowest BCUT2D eigenvalue weighted by atomic mass is 10.2.